The monoisotopic (exact) mass is 270 g/mol. The molecule has 0 radical (unpaired) electrons. The van der Waals surface area contributed by atoms with Gasteiger partial charge in [-0.05, 0) is 30.5 Å². The van der Waals surface area contributed by atoms with Crippen LogP contribution in [0.5, 0.6) is 5.75 Å². The summed E-state index contributed by atoms with van der Waals surface area (Å²) in [6, 6.07) is 14.5. The predicted molar refractivity (Wildman–Crippen MR) is 82.7 cm³/mol. The second-order valence-corrected chi connectivity index (χ2v) is 4.94. The highest BCUT2D eigenvalue weighted by molar-refractivity contribution is 5.44. The second kappa shape index (κ2) is 6.55. The minimum atomic E-state index is -0.0728. The van der Waals surface area contributed by atoms with Gasteiger partial charge in [0.05, 0.1) is 13.2 Å². The molecule has 106 valence electrons. The van der Waals surface area contributed by atoms with E-state index in [0.717, 1.165) is 23.3 Å². The van der Waals surface area contributed by atoms with Gasteiger partial charge in [0.1, 0.15) is 5.75 Å². The SMILES string of the molecule is CCc1cccc(C(NN)c2cc(C)ccc2OC)c1. The zero-order chi connectivity index (χ0) is 14.5. The molecule has 2 aromatic rings. The Kier molecular flexibility index (Phi) is 4.77. The molecule has 20 heavy (non-hydrogen) atoms. The van der Waals surface area contributed by atoms with Gasteiger partial charge in [-0.15, -0.1) is 0 Å². The summed E-state index contributed by atoms with van der Waals surface area (Å²) in [5.74, 6) is 6.64. The summed E-state index contributed by atoms with van der Waals surface area (Å²) in [4.78, 5) is 0. The topological polar surface area (TPSA) is 47.3 Å². The first-order valence-electron chi connectivity index (χ1n) is 6.89. The van der Waals surface area contributed by atoms with Crippen LogP contribution in [0.4, 0.5) is 0 Å². The molecule has 0 saturated heterocycles. The lowest BCUT2D eigenvalue weighted by Crippen LogP contribution is -2.29. The molecule has 1 atom stereocenters. The summed E-state index contributed by atoms with van der Waals surface area (Å²) >= 11 is 0. The van der Waals surface area contributed by atoms with Crippen molar-refractivity contribution in [2.45, 2.75) is 26.3 Å². The molecule has 0 aliphatic carbocycles. The van der Waals surface area contributed by atoms with E-state index in [2.05, 4.69) is 49.6 Å². The van der Waals surface area contributed by atoms with Crippen LogP contribution >= 0.6 is 0 Å². The Morgan fingerprint density at radius 1 is 1.20 bits per heavy atom. The summed E-state index contributed by atoms with van der Waals surface area (Å²) in [6.07, 6.45) is 1.01. The number of hydrazine groups is 1. The van der Waals surface area contributed by atoms with Gasteiger partial charge >= 0.3 is 0 Å². The van der Waals surface area contributed by atoms with Crippen LogP contribution in [0.2, 0.25) is 0 Å². The van der Waals surface area contributed by atoms with Crippen LogP contribution in [-0.4, -0.2) is 7.11 Å². The molecular formula is C17H22N2O. The fourth-order valence-electron chi connectivity index (χ4n) is 2.44. The minimum Gasteiger partial charge on any atom is -0.496 e. The Labute approximate surface area is 120 Å². The minimum absolute atomic E-state index is 0.0728. The van der Waals surface area contributed by atoms with Crippen LogP contribution in [0, 0.1) is 6.92 Å². The Balaban J connectivity index is 2.48. The number of methoxy groups -OCH3 is 1. The molecule has 0 spiro atoms. The predicted octanol–water partition coefficient (Wildman–Crippen LogP) is 3.12. The van der Waals surface area contributed by atoms with Crippen molar-refractivity contribution >= 4 is 0 Å². The number of hydrogen-bond donors (Lipinski definition) is 2. The van der Waals surface area contributed by atoms with Gasteiger partial charge < -0.3 is 4.74 Å². The summed E-state index contributed by atoms with van der Waals surface area (Å²) in [5, 5.41) is 0. The van der Waals surface area contributed by atoms with Crippen molar-refractivity contribution in [3.8, 4) is 5.75 Å². The Morgan fingerprint density at radius 3 is 2.65 bits per heavy atom. The van der Waals surface area contributed by atoms with Gasteiger partial charge in [-0.1, -0.05) is 48.9 Å². The standard InChI is InChI=1S/C17H22N2O/c1-4-13-6-5-7-14(11-13)17(19-18)15-10-12(2)8-9-16(15)20-3/h5-11,17,19H,4,18H2,1-3H3. The molecule has 1 unspecified atom stereocenters. The van der Waals surface area contributed by atoms with Crippen molar-refractivity contribution in [3.05, 3.63) is 64.7 Å². The second-order valence-electron chi connectivity index (χ2n) is 4.94. The zero-order valence-corrected chi connectivity index (χ0v) is 12.3. The molecular weight excluding hydrogens is 248 g/mol. The number of rotatable bonds is 5. The Bertz CT molecular complexity index is 581. The highest BCUT2D eigenvalue weighted by Gasteiger charge is 2.17. The lowest BCUT2D eigenvalue weighted by Gasteiger charge is -2.20. The molecule has 2 rings (SSSR count). The lowest BCUT2D eigenvalue weighted by molar-refractivity contribution is 0.404. The molecule has 3 N–H and O–H groups in total. The van der Waals surface area contributed by atoms with Gasteiger partial charge in [0.25, 0.3) is 0 Å². The largest absolute Gasteiger partial charge is 0.496 e. The maximum absolute atomic E-state index is 5.80. The maximum Gasteiger partial charge on any atom is 0.124 e. The van der Waals surface area contributed by atoms with E-state index in [1.54, 1.807) is 7.11 Å². The van der Waals surface area contributed by atoms with Gasteiger partial charge in [-0.2, -0.15) is 0 Å². The van der Waals surface area contributed by atoms with E-state index in [-0.39, 0.29) is 6.04 Å². The van der Waals surface area contributed by atoms with Crippen LogP contribution in [0.25, 0.3) is 0 Å². The molecule has 3 heteroatoms. The maximum atomic E-state index is 5.80. The van der Waals surface area contributed by atoms with Crippen molar-refractivity contribution in [1.82, 2.24) is 5.43 Å². The van der Waals surface area contributed by atoms with E-state index in [1.807, 2.05) is 12.1 Å². The van der Waals surface area contributed by atoms with Gasteiger partial charge in [-0.25, -0.2) is 5.43 Å². The Hall–Kier alpha value is -1.84. The van der Waals surface area contributed by atoms with Crippen molar-refractivity contribution in [3.63, 3.8) is 0 Å². The molecule has 0 saturated carbocycles. The summed E-state index contributed by atoms with van der Waals surface area (Å²) in [5.41, 5.74) is 7.60. The van der Waals surface area contributed by atoms with E-state index >= 15 is 0 Å². The fraction of sp³-hybridized carbons (Fsp3) is 0.294. The molecule has 0 fully saturated rings. The number of nitrogens with two attached hydrogens (primary N) is 1. The zero-order valence-electron chi connectivity index (χ0n) is 12.3. The third-order valence-corrected chi connectivity index (χ3v) is 3.56. The molecule has 0 bridgehead atoms. The van der Waals surface area contributed by atoms with Crippen LogP contribution in [0.1, 0.15) is 35.2 Å². The van der Waals surface area contributed by atoms with E-state index in [9.17, 15) is 0 Å². The number of hydrogen-bond acceptors (Lipinski definition) is 3. The molecule has 0 heterocycles. The number of nitrogens with one attached hydrogen (secondary N) is 1. The van der Waals surface area contributed by atoms with Crippen molar-refractivity contribution in [2.24, 2.45) is 5.84 Å². The quantitative estimate of drug-likeness (QED) is 0.648. The lowest BCUT2D eigenvalue weighted by atomic mass is 9.95. The molecule has 0 aliphatic rings. The molecule has 0 aromatic heterocycles. The fourth-order valence-corrected chi connectivity index (χ4v) is 2.44. The highest BCUT2D eigenvalue weighted by atomic mass is 16.5. The molecule has 2 aromatic carbocycles. The molecule has 0 amide bonds. The van der Waals surface area contributed by atoms with E-state index in [4.69, 9.17) is 10.6 Å². The van der Waals surface area contributed by atoms with Crippen LogP contribution in [0.15, 0.2) is 42.5 Å². The third kappa shape index (κ3) is 3.00. The van der Waals surface area contributed by atoms with Crippen LogP contribution in [0.3, 0.4) is 0 Å². The average molecular weight is 270 g/mol. The summed E-state index contributed by atoms with van der Waals surface area (Å²) in [7, 11) is 1.68. The van der Waals surface area contributed by atoms with E-state index in [0.29, 0.717) is 0 Å². The molecule has 0 aliphatic heterocycles. The first-order chi connectivity index (χ1) is 9.69. The summed E-state index contributed by atoms with van der Waals surface area (Å²) in [6.45, 7) is 4.22. The van der Waals surface area contributed by atoms with Gasteiger partial charge in [0.15, 0.2) is 0 Å². The summed E-state index contributed by atoms with van der Waals surface area (Å²) < 4.78 is 5.47. The van der Waals surface area contributed by atoms with E-state index in [1.165, 1.54) is 11.1 Å². The number of aryl methyl sites for hydroxylation is 2. The van der Waals surface area contributed by atoms with Gasteiger partial charge in [0, 0.05) is 5.56 Å². The van der Waals surface area contributed by atoms with Crippen LogP contribution in [-0.2, 0) is 6.42 Å². The van der Waals surface area contributed by atoms with Gasteiger partial charge in [-0.3, -0.25) is 5.84 Å². The third-order valence-electron chi connectivity index (χ3n) is 3.56. The van der Waals surface area contributed by atoms with Gasteiger partial charge in [0.2, 0.25) is 0 Å². The number of ether oxygens (including phenoxy) is 1. The number of benzene rings is 2. The first kappa shape index (κ1) is 14.6. The smallest absolute Gasteiger partial charge is 0.124 e. The van der Waals surface area contributed by atoms with Crippen LogP contribution < -0.4 is 16.0 Å². The average Bonchev–Trinajstić information content (AvgIpc) is 2.48. The van der Waals surface area contributed by atoms with Crippen molar-refractivity contribution in [1.29, 1.82) is 0 Å². The molecule has 3 nitrogen and oxygen atoms in total. The van der Waals surface area contributed by atoms with E-state index < -0.39 is 0 Å². The first-order valence-corrected chi connectivity index (χ1v) is 6.89. The Morgan fingerprint density at radius 2 is 2.00 bits per heavy atom. The highest BCUT2D eigenvalue weighted by Crippen LogP contribution is 2.30. The van der Waals surface area contributed by atoms with Crippen molar-refractivity contribution < 1.29 is 4.74 Å². The normalized spacial score (nSPS) is 12.2. The van der Waals surface area contributed by atoms with Crippen molar-refractivity contribution in [2.75, 3.05) is 7.11 Å².